The molecule has 1 aromatic heterocycles. The molecule has 0 radical (unpaired) electrons. The molecule has 2 N–H and O–H groups in total. The number of nitrogens with two attached hydrogens (primary N) is 1. The van der Waals surface area contributed by atoms with Crippen LogP contribution in [-0.4, -0.2) is 16.7 Å². The van der Waals surface area contributed by atoms with Gasteiger partial charge in [0.2, 0.25) is 5.95 Å². The molecule has 2 aromatic carbocycles. The van der Waals surface area contributed by atoms with E-state index in [2.05, 4.69) is 33.6 Å². The van der Waals surface area contributed by atoms with Crippen LogP contribution in [-0.2, 0) is 0 Å². The topological polar surface area (TPSA) is 53.1 Å². The largest absolute Gasteiger partial charge is 0.496 e. The van der Waals surface area contributed by atoms with Crippen molar-refractivity contribution in [2.75, 3.05) is 12.8 Å². The van der Waals surface area contributed by atoms with Crippen molar-refractivity contribution in [3.05, 3.63) is 45.5 Å². The molecule has 0 aliphatic rings. The third-order valence-electron chi connectivity index (χ3n) is 3.28. The lowest BCUT2D eigenvalue weighted by atomic mass is 10.2. The van der Waals surface area contributed by atoms with Gasteiger partial charge in [-0.05, 0) is 71.5 Å². The Morgan fingerprint density at radius 1 is 1.20 bits per heavy atom. The molecule has 0 unspecified atom stereocenters. The number of rotatable bonds is 2. The number of fused-ring (bicyclic) bond motifs is 1. The maximum atomic E-state index is 6.07. The molecule has 3 aromatic rings. The van der Waals surface area contributed by atoms with Crippen LogP contribution in [0.4, 0.5) is 5.95 Å². The molecule has 0 saturated carbocycles. The van der Waals surface area contributed by atoms with Crippen LogP contribution in [0.3, 0.4) is 0 Å². The number of nitrogen functional groups attached to an aromatic ring is 1. The van der Waals surface area contributed by atoms with Crippen molar-refractivity contribution in [1.29, 1.82) is 0 Å². The first-order valence-corrected chi connectivity index (χ1v) is 7.26. The quantitative estimate of drug-likeness (QED) is 0.694. The molecule has 0 amide bonds. The first-order chi connectivity index (χ1) is 9.60. The number of aryl methyl sites for hydroxylation is 1. The Kier molecular flexibility index (Phi) is 3.29. The minimum Gasteiger partial charge on any atom is -0.496 e. The van der Waals surface area contributed by atoms with Crippen LogP contribution in [0.15, 0.2) is 36.4 Å². The number of nitrogens with zero attached hydrogens (tertiary/aromatic N) is 2. The van der Waals surface area contributed by atoms with Gasteiger partial charge in [0, 0.05) is 9.26 Å². The SMILES string of the molecule is COc1ccc(-n2c(N)nc3cc(I)ccc32)cc1C. The summed E-state index contributed by atoms with van der Waals surface area (Å²) in [4.78, 5) is 4.43. The monoisotopic (exact) mass is 379 g/mol. The van der Waals surface area contributed by atoms with Gasteiger partial charge < -0.3 is 10.5 Å². The molecule has 20 heavy (non-hydrogen) atoms. The molecular weight excluding hydrogens is 365 g/mol. The molecule has 5 heteroatoms. The first kappa shape index (κ1) is 13.2. The van der Waals surface area contributed by atoms with E-state index in [1.165, 1.54) is 0 Å². The lowest BCUT2D eigenvalue weighted by Crippen LogP contribution is -2.01. The van der Waals surface area contributed by atoms with Crippen LogP contribution < -0.4 is 10.5 Å². The van der Waals surface area contributed by atoms with E-state index < -0.39 is 0 Å². The van der Waals surface area contributed by atoms with E-state index >= 15 is 0 Å². The van der Waals surface area contributed by atoms with Gasteiger partial charge >= 0.3 is 0 Å². The van der Waals surface area contributed by atoms with Crippen LogP contribution >= 0.6 is 22.6 Å². The van der Waals surface area contributed by atoms with Crippen LogP contribution in [0, 0.1) is 10.5 Å². The maximum absolute atomic E-state index is 6.07. The Hall–Kier alpha value is -1.76. The van der Waals surface area contributed by atoms with E-state index in [0.717, 1.165) is 31.6 Å². The average Bonchev–Trinajstić information content (AvgIpc) is 2.73. The summed E-state index contributed by atoms with van der Waals surface area (Å²) in [7, 11) is 1.67. The van der Waals surface area contributed by atoms with E-state index in [1.807, 2.05) is 41.8 Å². The summed E-state index contributed by atoms with van der Waals surface area (Å²) >= 11 is 2.27. The molecule has 3 rings (SSSR count). The second-order valence-corrected chi connectivity index (χ2v) is 5.84. The first-order valence-electron chi connectivity index (χ1n) is 6.18. The number of ether oxygens (including phenoxy) is 1. The lowest BCUT2D eigenvalue weighted by molar-refractivity contribution is 0.411. The van der Waals surface area contributed by atoms with Gasteiger partial charge in [0.25, 0.3) is 0 Å². The zero-order valence-corrected chi connectivity index (χ0v) is 13.4. The standard InChI is InChI=1S/C15H14IN3O/c1-9-7-11(4-6-14(9)20-2)19-13-5-3-10(16)8-12(13)18-15(19)17/h3-8H,1-2H3,(H2,17,18). The van der Waals surface area contributed by atoms with E-state index in [4.69, 9.17) is 10.5 Å². The summed E-state index contributed by atoms with van der Waals surface area (Å²) in [5.41, 5.74) is 10.0. The van der Waals surface area contributed by atoms with Gasteiger partial charge in [-0.15, -0.1) is 0 Å². The Morgan fingerprint density at radius 3 is 2.70 bits per heavy atom. The molecule has 0 fully saturated rings. The molecule has 0 spiro atoms. The third-order valence-corrected chi connectivity index (χ3v) is 3.95. The summed E-state index contributed by atoms with van der Waals surface area (Å²) in [5, 5.41) is 0. The highest BCUT2D eigenvalue weighted by molar-refractivity contribution is 14.1. The van der Waals surface area contributed by atoms with E-state index in [-0.39, 0.29) is 0 Å². The van der Waals surface area contributed by atoms with Crippen molar-refractivity contribution in [2.24, 2.45) is 0 Å². The molecule has 0 atom stereocenters. The van der Waals surface area contributed by atoms with Crippen LogP contribution in [0.5, 0.6) is 5.75 Å². The predicted octanol–water partition coefficient (Wildman–Crippen LogP) is 3.53. The normalized spacial score (nSPS) is 10.9. The maximum Gasteiger partial charge on any atom is 0.205 e. The fourth-order valence-electron chi connectivity index (χ4n) is 2.35. The van der Waals surface area contributed by atoms with Gasteiger partial charge in [-0.3, -0.25) is 4.57 Å². The fraction of sp³-hybridized carbons (Fsp3) is 0.133. The molecule has 0 bridgehead atoms. The van der Waals surface area contributed by atoms with Gasteiger partial charge in [0.1, 0.15) is 5.75 Å². The second kappa shape index (κ2) is 4.97. The minimum atomic E-state index is 0.492. The number of hydrogen-bond donors (Lipinski definition) is 1. The van der Waals surface area contributed by atoms with Crippen LogP contribution in [0.2, 0.25) is 0 Å². The van der Waals surface area contributed by atoms with Gasteiger partial charge in [-0.25, -0.2) is 4.98 Å². The predicted molar refractivity (Wildman–Crippen MR) is 89.5 cm³/mol. The summed E-state index contributed by atoms with van der Waals surface area (Å²) in [6.07, 6.45) is 0. The highest BCUT2D eigenvalue weighted by Gasteiger charge is 2.11. The number of anilines is 1. The second-order valence-electron chi connectivity index (χ2n) is 4.59. The molecule has 0 aliphatic heterocycles. The third kappa shape index (κ3) is 2.11. The van der Waals surface area contributed by atoms with Crippen LogP contribution in [0.1, 0.15) is 5.56 Å². The molecule has 0 saturated heterocycles. The number of methoxy groups -OCH3 is 1. The van der Waals surface area contributed by atoms with E-state index in [9.17, 15) is 0 Å². The Bertz CT molecular complexity index is 795. The number of imidazole rings is 1. The number of benzene rings is 2. The van der Waals surface area contributed by atoms with E-state index in [1.54, 1.807) is 7.11 Å². The van der Waals surface area contributed by atoms with Gasteiger partial charge in [-0.1, -0.05) is 0 Å². The van der Waals surface area contributed by atoms with Crippen LogP contribution in [0.25, 0.3) is 16.7 Å². The van der Waals surface area contributed by atoms with Gasteiger partial charge in [0.15, 0.2) is 0 Å². The molecular formula is C15H14IN3O. The molecule has 102 valence electrons. The number of halogens is 1. The summed E-state index contributed by atoms with van der Waals surface area (Å²) in [6.45, 7) is 2.01. The zero-order valence-electron chi connectivity index (χ0n) is 11.2. The summed E-state index contributed by atoms with van der Waals surface area (Å²) in [6, 6.07) is 12.1. The highest BCUT2D eigenvalue weighted by atomic mass is 127. The zero-order chi connectivity index (χ0) is 14.3. The summed E-state index contributed by atoms with van der Waals surface area (Å²) < 4.78 is 8.39. The lowest BCUT2D eigenvalue weighted by Gasteiger charge is -2.10. The van der Waals surface area contributed by atoms with Crippen molar-refractivity contribution in [3.8, 4) is 11.4 Å². The van der Waals surface area contributed by atoms with Gasteiger partial charge in [-0.2, -0.15) is 0 Å². The molecule has 1 heterocycles. The smallest absolute Gasteiger partial charge is 0.205 e. The molecule has 4 nitrogen and oxygen atoms in total. The Balaban J connectivity index is 2.23. The minimum absolute atomic E-state index is 0.492. The van der Waals surface area contributed by atoms with E-state index in [0.29, 0.717) is 5.95 Å². The van der Waals surface area contributed by atoms with Crippen molar-refractivity contribution in [1.82, 2.24) is 9.55 Å². The highest BCUT2D eigenvalue weighted by Crippen LogP contribution is 2.27. The number of aromatic nitrogens is 2. The van der Waals surface area contributed by atoms with Crippen molar-refractivity contribution in [2.45, 2.75) is 6.92 Å². The van der Waals surface area contributed by atoms with Gasteiger partial charge in [0.05, 0.1) is 18.1 Å². The Labute approximate surface area is 130 Å². The summed E-state index contributed by atoms with van der Waals surface area (Å²) in [5.74, 6) is 1.36. The average molecular weight is 379 g/mol. The Morgan fingerprint density at radius 2 is 2.00 bits per heavy atom. The van der Waals surface area contributed by atoms with Crippen molar-refractivity contribution in [3.63, 3.8) is 0 Å². The fourth-order valence-corrected chi connectivity index (χ4v) is 2.82. The van der Waals surface area contributed by atoms with Crippen molar-refractivity contribution >= 4 is 39.6 Å². The molecule has 0 aliphatic carbocycles. The number of hydrogen-bond acceptors (Lipinski definition) is 3. The van der Waals surface area contributed by atoms with Crippen molar-refractivity contribution < 1.29 is 4.74 Å².